The minimum absolute atomic E-state index is 0.175. The van der Waals surface area contributed by atoms with E-state index in [9.17, 15) is 9.59 Å². The Morgan fingerprint density at radius 3 is 2.77 bits per heavy atom. The zero-order chi connectivity index (χ0) is 18.7. The Labute approximate surface area is 151 Å². The molecular weight excluding hydrogens is 338 g/mol. The van der Waals surface area contributed by atoms with Crippen molar-refractivity contribution in [2.75, 3.05) is 34.2 Å². The summed E-state index contributed by atoms with van der Waals surface area (Å²) >= 11 is 0. The van der Waals surface area contributed by atoms with Crippen LogP contribution in [0.5, 0.6) is 11.5 Å². The fourth-order valence-corrected chi connectivity index (χ4v) is 3.03. The third kappa shape index (κ3) is 3.30. The van der Waals surface area contributed by atoms with Gasteiger partial charge in [-0.3, -0.25) is 4.79 Å². The van der Waals surface area contributed by atoms with Gasteiger partial charge in [-0.2, -0.15) is 0 Å². The number of carbonyl (C=O) groups is 2. The molecule has 0 atom stereocenters. The minimum atomic E-state index is -0.530. The molecule has 0 N–H and O–H groups in total. The Morgan fingerprint density at radius 1 is 1.27 bits per heavy atom. The molecule has 0 fully saturated rings. The number of nitrogens with zero attached hydrogens (tertiary/aromatic N) is 1. The van der Waals surface area contributed by atoms with Gasteiger partial charge >= 0.3 is 5.97 Å². The molecule has 0 aromatic heterocycles. The average Bonchev–Trinajstić information content (AvgIpc) is 3.19. The lowest BCUT2D eigenvalue weighted by molar-refractivity contribution is -0.136. The smallest absolute Gasteiger partial charge is 0.340 e. The van der Waals surface area contributed by atoms with Crippen molar-refractivity contribution < 1.29 is 28.5 Å². The second-order valence-corrected chi connectivity index (χ2v) is 5.93. The molecule has 0 radical (unpaired) electrons. The second-order valence-electron chi connectivity index (χ2n) is 5.93. The molecule has 0 bridgehead atoms. The zero-order valence-corrected chi connectivity index (χ0v) is 15.0. The van der Waals surface area contributed by atoms with E-state index in [1.165, 1.54) is 7.11 Å². The van der Waals surface area contributed by atoms with Crippen LogP contribution in [0.4, 0.5) is 0 Å². The normalized spacial score (nSPS) is 17.4. The van der Waals surface area contributed by atoms with E-state index < -0.39 is 5.97 Å². The van der Waals surface area contributed by atoms with Gasteiger partial charge in [0.2, 0.25) is 6.79 Å². The van der Waals surface area contributed by atoms with Crippen LogP contribution >= 0.6 is 0 Å². The highest BCUT2D eigenvalue weighted by Gasteiger charge is 2.36. The maximum atomic E-state index is 12.9. The predicted octanol–water partition coefficient (Wildman–Crippen LogP) is 2.12. The summed E-state index contributed by atoms with van der Waals surface area (Å²) in [4.78, 5) is 26.7. The van der Waals surface area contributed by atoms with E-state index in [4.69, 9.17) is 18.9 Å². The van der Waals surface area contributed by atoms with Crippen molar-refractivity contribution in [3.05, 3.63) is 40.6 Å². The molecule has 26 heavy (non-hydrogen) atoms. The number of hydrogen-bond donors (Lipinski definition) is 0. The monoisotopic (exact) mass is 359 g/mol. The fraction of sp³-hybridized carbons (Fsp3) is 0.368. The molecular formula is C19H21NO6. The number of rotatable bonds is 6. The number of fused-ring (bicyclic) bond motifs is 1. The minimum Gasteiger partial charge on any atom is -0.465 e. The van der Waals surface area contributed by atoms with Gasteiger partial charge in [0, 0.05) is 26.0 Å². The third-order valence-corrected chi connectivity index (χ3v) is 4.34. The fourth-order valence-electron chi connectivity index (χ4n) is 3.03. The van der Waals surface area contributed by atoms with Crippen molar-refractivity contribution >= 4 is 18.0 Å². The van der Waals surface area contributed by atoms with Gasteiger partial charge in [-0.05, 0) is 37.1 Å². The molecule has 7 heteroatoms. The van der Waals surface area contributed by atoms with Crippen LogP contribution in [0.15, 0.2) is 35.0 Å². The molecule has 0 saturated carbocycles. The standard InChI is InChI=1S/C19H21NO6/c1-12-17(19(22)24-3)14(18(21)20(12)7-4-8-23-2)9-13-5-6-15-16(10-13)26-11-25-15/h5-6,9-10H,4,7-8,11H2,1-3H3/b14-9-. The second kappa shape index (κ2) is 7.61. The maximum absolute atomic E-state index is 12.9. The van der Waals surface area contributed by atoms with E-state index in [-0.39, 0.29) is 18.3 Å². The third-order valence-electron chi connectivity index (χ3n) is 4.34. The summed E-state index contributed by atoms with van der Waals surface area (Å²) in [5, 5.41) is 0. The van der Waals surface area contributed by atoms with Crippen LogP contribution in [0, 0.1) is 0 Å². The molecule has 138 valence electrons. The SMILES string of the molecule is COCCCN1C(=O)/C(=C\c2ccc3c(c2)OCO3)C(C(=O)OC)=C1C. The van der Waals surface area contributed by atoms with E-state index >= 15 is 0 Å². The number of methoxy groups -OCH3 is 2. The summed E-state index contributed by atoms with van der Waals surface area (Å²) in [6.45, 7) is 2.93. The molecule has 0 aliphatic carbocycles. The molecule has 2 heterocycles. The first-order chi connectivity index (χ1) is 12.6. The highest BCUT2D eigenvalue weighted by atomic mass is 16.7. The van der Waals surface area contributed by atoms with Gasteiger partial charge in [-0.15, -0.1) is 0 Å². The Hall–Kier alpha value is -2.80. The largest absolute Gasteiger partial charge is 0.465 e. The summed E-state index contributed by atoms with van der Waals surface area (Å²) in [6.07, 6.45) is 2.35. The van der Waals surface area contributed by atoms with E-state index in [2.05, 4.69) is 0 Å². The summed E-state index contributed by atoms with van der Waals surface area (Å²) in [5.41, 5.74) is 1.92. The van der Waals surface area contributed by atoms with Gasteiger partial charge < -0.3 is 23.8 Å². The maximum Gasteiger partial charge on any atom is 0.340 e. The van der Waals surface area contributed by atoms with Crippen molar-refractivity contribution in [1.29, 1.82) is 0 Å². The number of ether oxygens (including phenoxy) is 4. The highest BCUT2D eigenvalue weighted by molar-refractivity contribution is 6.16. The van der Waals surface area contributed by atoms with Crippen LogP contribution in [-0.4, -0.2) is 50.9 Å². The molecule has 7 nitrogen and oxygen atoms in total. The lowest BCUT2D eigenvalue weighted by atomic mass is 10.0. The van der Waals surface area contributed by atoms with Gasteiger partial charge in [0.1, 0.15) is 0 Å². The Kier molecular flexibility index (Phi) is 5.27. The molecule has 0 saturated heterocycles. The molecule has 1 amide bonds. The number of esters is 1. The Morgan fingerprint density at radius 2 is 2.04 bits per heavy atom. The van der Waals surface area contributed by atoms with Crippen molar-refractivity contribution in [1.82, 2.24) is 4.90 Å². The van der Waals surface area contributed by atoms with Crippen molar-refractivity contribution in [2.24, 2.45) is 0 Å². The van der Waals surface area contributed by atoms with E-state index in [1.54, 1.807) is 37.1 Å². The van der Waals surface area contributed by atoms with E-state index in [0.29, 0.717) is 42.3 Å². The van der Waals surface area contributed by atoms with Gasteiger partial charge in [0.05, 0.1) is 18.3 Å². The van der Waals surface area contributed by atoms with Crippen molar-refractivity contribution in [3.63, 3.8) is 0 Å². The topological polar surface area (TPSA) is 74.3 Å². The molecule has 2 aliphatic rings. The van der Waals surface area contributed by atoms with Crippen molar-refractivity contribution in [3.8, 4) is 11.5 Å². The average molecular weight is 359 g/mol. The lowest BCUT2D eigenvalue weighted by Gasteiger charge is -2.17. The van der Waals surface area contributed by atoms with Gasteiger partial charge in [-0.25, -0.2) is 4.79 Å². The molecule has 1 aromatic carbocycles. The molecule has 0 spiro atoms. The van der Waals surface area contributed by atoms with Crippen LogP contribution < -0.4 is 9.47 Å². The Balaban J connectivity index is 1.95. The first kappa shape index (κ1) is 18.0. The first-order valence-electron chi connectivity index (χ1n) is 8.28. The van der Waals surface area contributed by atoms with Crippen molar-refractivity contribution in [2.45, 2.75) is 13.3 Å². The predicted molar refractivity (Wildman–Crippen MR) is 93.5 cm³/mol. The van der Waals surface area contributed by atoms with Gasteiger partial charge in [-0.1, -0.05) is 6.07 Å². The summed E-state index contributed by atoms with van der Waals surface area (Å²) in [5.74, 6) is 0.516. The van der Waals surface area contributed by atoms with E-state index in [0.717, 1.165) is 5.56 Å². The Bertz CT molecular complexity index is 795. The zero-order valence-electron chi connectivity index (χ0n) is 15.0. The van der Waals surface area contributed by atoms with Crippen LogP contribution in [0.2, 0.25) is 0 Å². The van der Waals surface area contributed by atoms with Crippen LogP contribution in [-0.2, 0) is 19.1 Å². The molecule has 1 aromatic rings. The number of benzene rings is 1. The molecule has 0 unspecified atom stereocenters. The number of amides is 1. The van der Waals surface area contributed by atoms with Gasteiger partial charge in [0.25, 0.3) is 5.91 Å². The van der Waals surface area contributed by atoms with Crippen LogP contribution in [0.25, 0.3) is 6.08 Å². The number of carbonyl (C=O) groups excluding carboxylic acids is 2. The molecule has 2 aliphatic heterocycles. The lowest BCUT2D eigenvalue weighted by Crippen LogP contribution is -2.26. The quantitative estimate of drug-likeness (QED) is 0.440. The van der Waals surface area contributed by atoms with Crippen LogP contribution in [0.1, 0.15) is 18.9 Å². The summed E-state index contributed by atoms with van der Waals surface area (Å²) < 4.78 is 20.6. The summed E-state index contributed by atoms with van der Waals surface area (Å²) in [6, 6.07) is 5.37. The van der Waals surface area contributed by atoms with Gasteiger partial charge in [0.15, 0.2) is 11.5 Å². The molecule has 3 rings (SSSR count). The van der Waals surface area contributed by atoms with E-state index in [1.807, 2.05) is 6.07 Å². The highest BCUT2D eigenvalue weighted by Crippen LogP contribution is 2.35. The van der Waals surface area contributed by atoms with Crippen LogP contribution in [0.3, 0.4) is 0 Å². The number of allylic oxidation sites excluding steroid dienone is 1. The number of hydrogen-bond acceptors (Lipinski definition) is 6. The summed E-state index contributed by atoms with van der Waals surface area (Å²) in [7, 11) is 2.91. The first-order valence-corrected chi connectivity index (χ1v) is 8.28.